The highest BCUT2D eigenvalue weighted by Gasteiger charge is 2.21. The Morgan fingerprint density at radius 3 is 2.47 bits per heavy atom. The second kappa shape index (κ2) is 7.53. The summed E-state index contributed by atoms with van der Waals surface area (Å²) < 4.78 is 4.84. The topological polar surface area (TPSA) is 66.8 Å². The molecule has 5 nitrogen and oxygen atoms in total. The van der Waals surface area contributed by atoms with Crippen molar-refractivity contribution in [3.05, 3.63) is 35.9 Å². The summed E-state index contributed by atoms with van der Waals surface area (Å²) >= 11 is 0. The van der Waals surface area contributed by atoms with Crippen LogP contribution >= 0.6 is 0 Å². The first-order valence-electron chi connectivity index (χ1n) is 6.11. The number of methoxy groups -OCH3 is 1. The van der Waals surface area contributed by atoms with Gasteiger partial charge in [0.15, 0.2) is 0 Å². The molecule has 0 fully saturated rings. The van der Waals surface area contributed by atoms with Gasteiger partial charge in [0.2, 0.25) is 5.91 Å². The molecule has 1 aromatic rings. The third kappa shape index (κ3) is 4.71. The van der Waals surface area contributed by atoms with Gasteiger partial charge in [-0.2, -0.15) is 0 Å². The number of benzene rings is 1. The van der Waals surface area contributed by atoms with Crippen LogP contribution in [0.25, 0.3) is 0 Å². The van der Waals surface area contributed by atoms with E-state index in [0.717, 1.165) is 5.56 Å². The van der Waals surface area contributed by atoms with Crippen molar-refractivity contribution in [2.45, 2.75) is 19.4 Å². The molecule has 19 heavy (non-hydrogen) atoms. The minimum Gasteiger partial charge on any atom is -0.481 e. The van der Waals surface area contributed by atoms with Gasteiger partial charge < -0.3 is 14.7 Å². The highest BCUT2D eigenvalue weighted by atomic mass is 16.5. The summed E-state index contributed by atoms with van der Waals surface area (Å²) in [5.74, 6) is -1.13. The summed E-state index contributed by atoms with van der Waals surface area (Å²) in [4.78, 5) is 24.2. The van der Waals surface area contributed by atoms with Crippen LogP contribution in [0, 0.1) is 0 Å². The van der Waals surface area contributed by atoms with Crippen molar-refractivity contribution in [1.82, 2.24) is 4.90 Å². The average Bonchev–Trinajstić information content (AvgIpc) is 2.39. The van der Waals surface area contributed by atoms with Gasteiger partial charge in [-0.25, -0.2) is 0 Å². The minimum atomic E-state index is -0.921. The van der Waals surface area contributed by atoms with Crippen molar-refractivity contribution >= 4 is 11.9 Å². The van der Waals surface area contributed by atoms with E-state index in [1.165, 1.54) is 12.0 Å². The van der Waals surface area contributed by atoms with E-state index in [0.29, 0.717) is 0 Å². The van der Waals surface area contributed by atoms with Gasteiger partial charge in [-0.05, 0) is 12.5 Å². The van der Waals surface area contributed by atoms with Crippen molar-refractivity contribution in [1.29, 1.82) is 0 Å². The normalized spacial score (nSPS) is 11.9. The van der Waals surface area contributed by atoms with Crippen molar-refractivity contribution in [3.63, 3.8) is 0 Å². The lowest BCUT2D eigenvalue weighted by Gasteiger charge is -2.29. The Morgan fingerprint density at radius 2 is 1.95 bits per heavy atom. The summed E-state index contributed by atoms with van der Waals surface area (Å²) in [6, 6.07) is 9.33. The van der Waals surface area contributed by atoms with Crippen molar-refractivity contribution in [2.24, 2.45) is 0 Å². The van der Waals surface area contributed by atoms with Crippen LogP contribution in [-0.4, -0.2) is 42.1 Å². The fourth-order valence-corrected chi connectivity index (χ4v) is 1.87. The molecule has 0 bridgehead atoms. The number of carbonyl (C=O) groups excluding carboxylic acids is 1. The monoisotopic (exact) mass is 265 g/mol. The first kappa shape index (κ1) is 15.2. The lowest BCUT2D eigenvalue weighted by atomic mass is 10.1. The van der Waals surface area contributed by atoms with Crippen LogP contribution in [-0.2, 0) is 14.3 Å². The lowest BCUT2D eigenvalue weighted by molar-refractivity contribution is -0.141. The maximum atomic E-state index is 12.0. The van der Waals surface area contributed by atoms with E-state index in [4.69, 9.17) is 9.84 Å². The van der Waals surface area contributed by atoms with Gasteiger partial charge in [0.05, 0.1) is 12.5 Å². The number of hydrogen-bond donors (Lipinski definition) is 1. The Balaban J connectivity index is 2.82. The summed E-state index contributed by atoms with van der Waals surface area (Å²) in [5.41, 5.74) is 0.970. The average molecular weight is 265 g/mol. The molecule has 104 valence electrons. The number of hydrogen-bond acceptors (Lipinski definition) is 3. The van der Waals surface area contributed by atoms with Gasteiger partial charge in [0, 0.05) is 13.7 Å². The molecule has 1 rings (SSSR count). The van der Waals surface area contributed by atoms with E-state index >= 15 is 0 Å². The first-order chi connectivity index (χ1) is 9.06. The number of ether oxygens (including phenoxy) is 1. The quantitative estimate of drug-likeness (QED) is 0.814. The zero-order valence-corrected chi connectivity index (χ0v) is 11.2. The van der Waals surface area contributed by atoms with Gasteiger partial charge in [-0.15, -0.1) is 0 Å². The molecule has 0 aliphatic rings. The van der Waals surface area contributed by atoms with Crippen LogP contribution in [0.3, 0.4) is 0 Å². The Hall–Kier alpha value is -1.88. The second-order valence-electron chi connectivity index (χ2n) is 4.25. The Labute approximate surface area is 112 Å². The van der Waals surface area contributed by atoms with Gasteiger partial charge in [0.25, 0.3) is 0 Å². The molecule has 1 N–H and O–H groups in total. The van der Waals surface area contributed by atoms with Crippen molar-refractivity contribution < 1.29 is 19.4 Å². The molecule has 1 atom stereocenters. The minimum absolute atomic E-state index is 0.0448. The standard InChI is InChI=1S/C14H19NO4/c1-11(12-6-4-3-5-7-12)15(9-8-14(17)18)13(16)10-19-2/h3-7,11H,8-10H2,1-2H3,(H,17,18). The van der Waals surface area contributed by atoms with Gasteiger partial charge in [-0.3, -0.25) is 9.59 Å². The molecule has 0 spiro atoms. The Kier molecular flexibility index (Phi) is 6.02. The molecule has 0 heterocycles. The number of carbonyl (C=O) groups is 2. The molecule has 0 saturated heterocycles. The first-order valence-corrected chi connectivity index (χ1v) is 6.11. The summed E-state index contributed by atoms with van der Waals surface area (Å²) in [7, 11) is 1.44. The number of carboxylic acids is 1. The Morgan fingerprint density at radius 1 is 1.32 bits per heavy atom. The van der Waals surface area contributed by atoms with E-state index in [1.54, 1.807) is 0 Å². The maximum Gasteiger partial charge on any atom is 0.305 e. The largest absolute Gasteiger partial charge is 0.481 e. The van der Waals surface area contributed by atoms with Crippen LogP contribution < -0.4 is 0 Å². The maximum absolute atomic E-state index is 12.0. The van der Waals surface area contributed by atoms with Crippen LogP contribution in [0.1, 0.15) is 24.9 Å². The molecular weight excluding hydrogens is 246 g/mol. The molecule has 1 aromatic carbocycles. The number of rotatable bonds is 7. The SMILES string of the molecule is COCC(=O)N(CCC(=O)O)C(C)c1ccccc1. The zero-order valence-electron chi connectivity index (χ0n) is 11.2. The van der Waals surface area contributed by atoms with Gasteiger partial charge in [0.1, 0.15) is 6.61 Å². The molecule has 5 heteroatoms. The predicted molar refractivity (Wildman–Crippen MR) is 70.7 cm³/mol. The molecule has 1 unspecified atom stereocenters. The third-order valence-corrected chi connectivity index (χ3v) is 2.90. The summed E-state index contributed by atoms with van der Waals surface area (Å²) in [6.07, 6.45) is -0.0768. The van der Waals surface area contributed by atoms with E-state index in [2.05, 4.69) is 0 Å². The molecule has 1 amide bonds. The van der Waals surface area contributed by atoms with Crippen molar-refractivity contribution in [3.8, 4) is 0 Å². The lowest BCUT2D eigenvalue weighted by Crippen LogP contribution is -2.37. The van der Waals surface area contributed by atoms with E-state index < -0.39 is 5.97 Å². The van der Waals surface area contributed by atoms with Crippen LogP contribution in [0.4, 0.5) is 0 Å². The smallest absolute Gasteiger partial charge is 0.305 e. The van der Waals surface area contributed by atoms with Crippen molar-refractivity contribution in [2.75, 3.05) is 20.3 Å². The number of carboxylic acid groups (broad SMARTS) is 1. The van der Waals surface area contributed by atoms with E-state index in [9.17, 15) is 9.59 Å². The molecule has 0 saturated carbocycles. The molecular formula is C14H19NO4. The molecule has 0 aromatic heterocycles. The fraction of sp³-hybridized carbons (Fsp3) is 0.429. The highest BCUT2D eigenvalue weighted by Crippen LogP contribution is 2.20. The number of aliphatic carboxylic acids is 1. The summed E-state index contributed by atoms with van der Waals surface area (Å²) in [6.45, 7) is 2.01. The fourth-order valence-electron chi connectivity index (χ4n) is 1.87. The zero-order chi connectivity index (χ0) is 14.3. The predicted octanol–water partition coefficient (Wildman–Crippen LogP) is 1.70. The number of nitrogens with zero attached hydrogens (tertiary/aromatic N) is 1. The van der Waals surface area contributed by atoms with E-state index in [-0.39, 0.29) is 31.5 Å². The highest BCUT2D eigenvalue weighted by molar-refractivity contribution is 5.78. The molecule has 0 aliphatic heterocycles. The van der Waals surface area contributed by atoms with Gasteiger partial charge >= 0.3 is 5.97 Å². The molecule has 0 aliphatic carbocycles. The third-order valence-electron chi connectivity index (χ3n) is 2.90. The van der Waals surface area contributed by atoms with Gasteiger partial charge in [-0.1, -0.05) is 30.3 Å². The summed E-state index contributed by atoms with van der Waals surface area (Å²) in [5, 5.41) is 8.76. The number of amides is 1. The second-order valence-corrected chi connectivity index (χ2v) is 4.25. The molecule has 0 radical (unpaired) electrons. The Bertz CT molecular complexity index is 419. The van der Waals surface area contributed by atoms with Crippen LogP contribution in [0.2, 0.25) is 0 Å². The van der Waals surface area contributed by atoms with E-state index in [1.807, 2.05) is 37.3 Å². The van der Waals surface area contributed by atoms with Crippen LogP contribution in [0.15, 0.2) is 30.3 Å². The van der Waals surface area contributed by atoms with Crippen LogP contribution in [0.5, 0.6) is 0 Å².